The van der Waals surface area contributed by atoms with Crippen LogP contribution in [0.15, 0.2) is 42.5 Å². The van der Waals surface area contributed by atoms with Gasteiger partial charge in [-0.25, -0.2) is 4.98 Å². The Bertz CT molecular complexity index is 833. The van der Waals surface area contributed by atoms with Crippen LogP contribution in [-0.2, 0) is 13.0 Å². The van der Waals surface area contributed by atoms with Crippen LogP contribution in [0.2, 0.25) is 0 Å². The van der Waals surface area contributed by atoms with E-state index in [0.29, 0.717) is 5.13 Å². The van der Waals surface area contributed by atoms with Crippen molar-refractivity contribution < 1.29 is 4.79 Å². The fourth-order valence-corrected chi connectivity index (χ4v) is 3.68. The van der Waals surface area contributed by atoms with Gasteiger partial charge in [-0.1, -0.05) is 35.6 Å². The highest BCUT2D eigenvalue weighted by Gasteiger charge is 2.18. The Morgan fingerprint density at radius 2 is 1.96 bits per heavy atom. The van der Waals surface area contributed by atoms with Crippen molar-refractivity contribution >= 4 is 57.4 Å². The second kappa shape index (κ2) is 7.94. The maximum Gasteiger partial charge on any atom is 0.257 e. The number of halogens is 2. The lowest BCUT2D eigenvalue weighted by atomic mass is 9.95. The Labute approximate surface area is 156 Å². The number of aromatic nitrogens is 1. The molecule has 2 N–H and O–H groups in total. The van der Waals surface area contributed by atoms with Crippen molar-refractivity contribution in [1.29, 1.82) is 0 Å². The zero-order valence-electron chi connectivity index (χ0n) is 12.7. The van der Waals surface area contributed by atoms with Crippen molar-refractivity contribution in [2.45, 2.75) is 13.0 Å². The number of thiazole rings is 1. The van der Waals surface area contributed by atoms with E-state index in [1.807, 2.05) is 36.4 Å². The molecule has 3 aromatic rings. The van der Waals surface area contributed by atoms with E-state index in [1.165, 1.54) is 16.9 Å². The lowest BCUT2D eigenvalue weighted by molar-refractivity contribution is 0.102. The molecule has 0 saturated carbocycles. The molecular weight excluding hydrogens is 365 g/mol. The predicted molar refractivity (Wildman–Crippen MR) is 104 cm³/mol. The van der Waals surface area contributed by atoms with Gasteiger partial charge in [-0.3, -0.25) is 10.1 Å². The third-order valence-electron chi connectivity index (χ3n) is 3.90. The number of carbonyl (C=O) groups is 1. The molecule has 126 valence electrons. The summed E-state index contributed by atoms with van der Waals surface area (Å²) < 4.78 is 1.08. The van der Waals surface area contributed by atoms with E-state index in [4.69, 9.17) is 0 Å². The van der Waals surface area contributed by atoms with Crippen molar-refractivity contribution in [1.82, 2.24) is 10.3 Å². The number of fused-ring (bicyclic) bond motifs is 2. The van der Waals surface area contributed by atoms with Crippen LogP contribution in [0, 0.1) is 0 Å². The number of para-hydroxylation sites is 1. The standard InChI is InChI=1S/C17H15N3OS.2ClH/c21-16(12-5-3-4-11-8-9-18-10-13(11)12)20-17-19-14-6-1-2-7-15(14)22-17;;/h1-7,18H,8-10H2,(H,19,20,21);2*1H. The molecule has 1 aliphatic rings. The maximum atomic E-state index is 12.6. The summed E-state index contributed by atoms with van der Waals surface area (Å²) in [6, 6.07) is 13.8. The number of amides is 1. The van der Waals surface area contributed by atoms with Gasteiger partial charge in [0.1, 0.15) is 0 Å². The fraction of sp³-hybridized carbons (Fsp3) is 0.176. The third kappa shape index (κ3) is 3.54. The predicted octanol–water partition coefficient (Wildman–Crippen LogP) is 4.04. The molecule has 1 aliphatic heterocycles. The Kier molecular flexibility index (Phi) is 6.18. The molecule has 0 fully saturated rings. The van der Waals surface area contributed by atoms with E-state index in [2.05, 4.69) is 21.7 Å². The van der Waals surface area contributed by atoms with Gasteiger partial charge in [0.25, 0.3) is 5.91 Å². The molecule has 4 rings (SSSR count). The number of benzene rings is 2. The summed E-state index contributed by atoms with van der Waals surface area (Å²) in [5.74, 6) is -0.0837. The Morgan fingerprint density at radius 1 is 1.12 bits per heavy atom. The lowest BCUT2D eigenvalue weighted by Crippen LogP contribution is -2.27. The monoisotopic (exact) mass is 381 g/mol. The van der Waals surface area contributed by atoms with Crippen LogP contribution >= 0.6 is 36.2 Å². The van der Waals surface area contributed by atoms with E-state index >= 15 is 0 Å². The fourth-order valence-electron chi connectivity index (χ4n) is 2.82. The van der Waals surface area contributed by atoms with Crippen LogP contribution in [-0.4, -0.2) is 17.4 Å². The van der Waals surface area contributed by atoms with E-state index in [0.717, 1.165) is 40.9 Å². The third-order valence-corrected chi connectivity index (χ3v) is 4.86. The molecular formula is C17H17Cl2N3OS. The van der Waals surface area contributed by atoms with Crippen LogP contribution in [0.4, 0.5) is 5.13 Å². The zero-order valence-corrected chi connectivity index (χ0v) is 15.2. The summed E-state index contributed by atoms with van der Waals surface area (Å²) >= 11 is 1.50. The summed E-state index contributed by atoms with van der Waals surface area (Å²) in [6.07, 6.45) is 0.970. The highest BCUT2D eigenvalue weighted by molar-refractivity contribution is 7.22. The highest BCUT2D eigenvalue weighted by atomic mass is 35.5. The lowest BCUT2D eigenvalue weighted by Gasteiger charge is -2.19. The van der Waals surface area contributed by atoms with Gasteiger partial charge in [0.2, 0.25) is 0 Å². The molecule has 0 bridgehead atoms. The van der Waals surface area contributed by atoms with Crippen LogP contribution in [0.3, 0.4) is 0 Å². The Balaban J connectivity index is 0.00000104. The molecule has 0 atom stereocenters. The minimum atomic E-state index is -0.0837. The molecule has 0 saturated heterocycles. The van der Waals surface area contributed by atoms with E-state index in [1.54, 1.807) is 0 Å². The smallest absolute Gasteiger partial charge is 0.257 e. The van der Waals surface area contributed by atoms with E-state index in [9.17, 15) is 4.79 Å². The van der Waals surface area contributed by atoms with Crippen molar-refractivity contribution in [3.8, 4) is 0 Å². The molecule has 4 nitrogen and oxygen atoms in total. The summed E-state index contributed by atoms with van der Waals surface area (Å²) in [6.45, 7) is 1.72. The quantitative estimate of drug-likeness (QED) is 0.704. The number of nitrogens with zero attached hydrogens (tertiary/aromatic N) is 1. The molecule has 0 radical (unpaired) electrons. The molecule has 24 heavy (non-hydrogen) atoms. The number of carbonyl (C=O) groups excluding carboxylic acids is 1. The van der Waals surface area contributed by atoms with Crippen LogP contribution in [0.5, 0.6) is 0 Å². The van der Waals surface area contributed by atoms with E-state index in [-0.39, 0.29) is 30.7 Å². The van der Waals surface area contributed by atoms with Gasteiger partial charge in [-0.05, 0) is 42.3 Å². The number of anilines is 1. The molecule has 1 amide bonds. The number of rotatable bonds is 2. The van der Waals surface area contributed by atoms with Gasteiger partial charge in [0.05, 0.1) is 10.2 Å². The second-order valence-corrected chi connectivity index (χ2v) is 6.34. The molecule has 2 aromatic carbocycles. The summed E-state index contributed by atoms with van der Waals surface area (Å²) in [4.78, 5) is 17.1. The van der Waals surface area contributed by atoms with Gasteiger partial charge in [-0.15, -0.1) is 24.8 Å². The SMILES string of the molecule is Cl.Cl.O=C(Nc1nc2ccccc2s1)c1cccc2c1CNCC2. The molecule has 0 aliphatic carbocycles. The molecule has 7 heteroatoms. The topological polar surface area (TPSA) is 54.0 Å². The first-order chi connectivity index (χ1) is 10.8. The Morgan fingerprint density at radius 3 is 2.79 bits per heavy atom. The number of nitrogens with one attached hydrogen (secondary N) is 2. The normalized spacial score (nSPS) is 12.7. The van der Waals surface area contributed by atoms with Crippen LogP contribution in [0.1, 0.15) is 21.5 Å². The van der Waals surface area contributed by atoms with Crippen LogP contribution in [0.25, 0.3) is 10.2 Å². The largest absolute Gasteiger partial charge is 0.312 e. The number of hydrogen-bond donors (Lipinski definition) is 2. The molecule has 0 spiro atoms. The van der Waals surface area contributed by atoms with Gasteiger partial charge in [-0.2, -0.15) is 0 Å². The first-order valence-corrected chi connectivity index (χ1v) is 8.11. The van der Waals surface area contributed by atoms with Crippen LogP contribution < -0.4 is 10.6 Å². The minimum absolute atomic E-state index is 0. The molecule has 0 unspecified atom stereocenters. The van der Waals surface area contributed by atoms with Gasteiger partial charge >= 0.3 is 0 Å². The van der Waals surface area contributed by atoms with Gasteiger partial charge in [0, 0.05) is 12.1 Å². The Hall–Kier alpha value is -1.66. The number of hydrogen-bond acceptors (Lipinski definition) is 4. The van der Waals surface area contributed by atoms with Crippen molar-refractivity contribution in [3.05, 3.63) is 59.2 Å². The van der Waals surface area contributed by atoms with E-state index < -0.39 is 0 Å². The summed E-state index contributed by atoms with van der Waals surface area (Å²) in [5, 5.41) is 6.91. The average Bonchev–Trinajstić information content (AvgIpc) is 2.96. The first kappa shape index (κ1) is 18.7. The molecule has 1 aromatic heterocycles. The average molecular weight is 382 g/mol. The van der Waals surface area contributed by atoms with Crippen molar-refractivity contribution in [2.24, 2.45) is 0 Å². The van der Waals surface area contributed by atoms with Gasteiger partial charge < -0.3 is 5.32 Å². The molecule has 2 heterocycles. The summed E-state index contributed by atoms with van der Waals surface area (Å²) in [7, 11) is 0. The summed E-state index contributed by atoms with van der Waals surface area (Å²) in [5.41, 5.74) is 4.02. The highest BCUT2D eigenvalue weighted by Crippen LogP contribution is 2.26. The van der Waals surface area contributed by atoms with Gasteiger partial charge in [0.15, 0.2) is 5.13 Å². The first-order valence-electron chi connectivity index (χ1n) is 7.30. The second-order valence-electron chi connectivity index (χ2n) is 5.31. The zero-order chi connectivity index (χ0) is 14.9. The maximum absolute atomic E-state index is 12.6. The van der Waals surface area contributed by atoms with Crippen molar-refractivity contribution in [2.75, 3.05) is 11.9 Å². The van der Waals surface area contributed by atoms with Crippen molar-refractivity contribution in [3.63, 3.8) is 0 Å². The minimum Gasteiger partial charge on any atom is -0.312 e.